The van der Waals surface area contributed by atoms with Crippen LogP contribution in [0.25, 0.3) is 0 Å². The highest BCUT2D eigenvalue weighted by atomic mass is 19.4. The molecule has 0 spiro atoms. The molecule has 1 aromatic heterocycles. The smallest absolute Gasteiger partial charge is 0.391 e. The van der Waals surface area contributed by atoms with Gasteiger partial charge in [-0.1, -0.05) is 6.92 Å². The number of rotatable bonds is 5. The average molecular weight is 263 g/mol. The minimum absolute atomic E-state index is 0.121. The molecule has 0 aliphatic rings. The van der Waals surface area contributed by atoms with Crippen LogP contribution in [-0.4, -0.2) is 33.3 Å². The van der Waals surface area contributed by atoms with Crippen molar-refractivity contribution in [3.05, 3.63) is 18.1 Å². The zero-order valence-electron chi connectivity index (χ0n) is 9.53. The maximum atomic E-state index is 12.2. The molecular formula is C10H12F3N3O2. The summed E-state index contributed by atoms with van der Waals surface area (Å²) < 4.78 is 36.6. The molecule has 1 heterocycles. The van der Waals surface area contributed by atoms with Crippen LogP contribution in [0.4, 0.5) is 19.0 Å². The Morgan fingerprint density at radius 1 is 1.44 bits per heavy atom. The monoisotopic (exact) mass is 263 g/mol. The second kappa shape index (κ2) is 5.65. The van der Waals surface area contributed by atoms with Crippen molar-refractivity contribution in [1.29, 1.82) is 0 Å². The van der Waals surface area contributed by atoms with Crippen molar-refractivity contribution < 1.29 is 23.1 Å². The first-order chi connectivity index (χ1) is 8.31. The Hall–Kier alpha value is -1.86. The molecular weight excluding hydrogens is 251 g/mol. The van der Waals surface area contributed by atoms with Crippen LogP contribution in [0.5, 0.6) is 0 Å². The molecule has 0 saturated carbocycles. The van der Waals surface area contributed by atoms with Gasteiger partial charge in [0.15, 0.2) is 5.69 Å². The molecule has 8 heteroatoms. The summed E-state index contributed by atoms with van der Waals surface area (Å²) in [4.78, 5) is 17.8. The predicted molar refractivity (Wildman–Crippen MR) is 57.4 cm³/mol. The van der Waals surface area contributed by atoms with Gasteiger partial charge >= 0.3 is 12.1 Å². The second-order valence-electron chi connectivity index (χ2n) is 3.66. The predicted octanol–water partition coefficient (Wildman–Crippen LogP) is 2.32. The van der Waals surface area contributed by atoms with E-state index >= 15 is 0 Å². The van der Waals surface area contributed by atoms with Crippen molar-refractivity contribution in [3.63, 3.8) is 0 Å². The van der Waals surface area contributed by atoms with E-state index in [0.717, 1.165) is 12.4 Å². The van der Waals surface area contributed by atoms with Gasteiger partial charge < -0.3 is 10.4 Å². The highest BCUT2D eigenvalue weighted by molar-refractivity contribution is 5.84. The number of carboxylic acids is 1. The fraction of sp³-hybridized carbons (Fsp3) is 0.500. The van der Waals surface area contributed by atoms with Crippen LogP contribution in [0, 0.1) is 0 Å². The van der Waals surface area contributed by atoms with Gasteiger partial charge in [0.05, 0.1) is 18.8 Å². The average Bonchev–Trinajstić information content (AvgIpc) is 2.27. The Labute approximate surface area is 101 Å². The van der Waals surface area contributed by atoms with Gasteiger partial charge in [-0.2, -0.15) is 13.2 Å². The number of carboxylic acid groups (broad SMARTS) is 1. The zero-order chi connectivity index (χ0) is 13.8. The van der Waals surface area contributed by atoms with Crippen LogP contribution in [0.3, 0.4) is 0 Å². The lowest BCUT2D eigenvalue weighted by molar-refractivity contribution is -0.137. The third-order valence-corrected chi connectivity index (χ3v) is 2.19. The van der Waals surface area contributed by atoms with Gasteiger partial charge in [-0.05, 0) is 6.42 Å². The molecule has 0 aliphatic carbocycles. The summed E-state index contributed by atoms with van der Waals surface area (Å²) in [5.74, 6) is -1.12. The topological polar surface area (TPSA) is 75.1 Å². The Balaban J connectivity index is 2.67. The number of hydrogen-bond acceptors (Lipinski definition) is 4. The van der Waals surface area contributed by atoms with E-state index in [4.69, 9.17) is 5.11 Å². The van der Waals surface area contributed by atoms with Gasteiger partial charge in [-0.15, -0.1) is 0 Å². The number of alkyl halides is 3. The number of halogens is 3. The van der Waals surface area contributed by atoms with Crippen molar-refractivity contribution in [3.8, 4) is 0 Å². The van der Waals surface area contributed by atoms with Gasteiger partial charge in [0.1, 0.15) is 5.82 Å². The number of nitrogens with zero attached hydrogens (tertiary/aromatic N) is 2. The molecule has 1 unspecified atom stereocenters. The van der Waals surface area contributed by atoms with E-state index in [1.807, 2.05) is 0 Å². The van der Waals surface area contributed by atoms with Crippen molar-refractivity contribution in [2.24, 2.45) is 0 Å². The largest absolute Gasteiger partial charge is 0.476 e. The summed E-state index contributed by atoms with van der Waals surface area (Å²) in [6, 6.07) is -0.810. The van der Waals surface area contributed by atoms with Crippen LogP contribution >= 0.6 is 0 Å². The molecule has 100 valence electrons. The summed E-state index contributed by atoms with van der Waals surface area (Å²) in [6.07, 6.45) is -2.89. The normalized spacial score (nSPS) is 13.1. The highest BCUT2D eigenvalue weighted by Gasteiger charge is 2.31. The summed E-state index contributed by atoms with van der Waals surface area (Å²) >= 11 is 0. The summed E-state index contributed by atoms with van der Waals surface area (Å²) in [7, 11) is 0. The first kappa shape index (κ1) is 14.2. The van der Waals surface area contributed by atoms with E-state index in [-0.39, 0.29) is 17.9 Å². The van der Waals surface area contributed by atoms with Crippen LogP contribution < -0.4 is 5.32 Å². The van der Waals surface area contributed by atoms with E-state index < -0.39 is 24.6 Å². The SMILES string of the molecule is CCC(CC(F)(F)F)Nc1cnc(C(=O)O)cn1. The molecule has 18 heavy (non-hydrogen) atoms. The van der Waals surface area contributed by atoms with E-state index in [1.54, 1.807) is 6.92 Å². The quantitative estimate of drug-likeness (QED) is 0.852. The fourth-order valence-corrected chi connectivity index (χ4v) is 1.30. The van der Waals surface area contributed by atoms with Crippen molar-refractivity contribution >= 4 is 11.8 Å². The van der Waals surface area contributed by atoms with E-state index in [9.17, 15) is 18.0 Å². The van der Waals surface area contributed by atoms with E-state index in [1.165, 1.54) is 0 Å². The van der Waals surface area contributed by atoms with Crippen molar-refractivity contribution in [1.82, 2.24) is 9.97 Å². The maximum absolute atomic E-state index is 12.2. The molecule has 0 radical (unpaired) electrons. The molecule has 1 aromatic rings. The van der Waals surface area contributed by atoms with Gasteiger partial charge in [-0.25, -0.2) is 14.8 Å². The molecule has 0 bridgehead atoms. The fourth-order valence-electron chi connectivity index (χ4n) is 1.30. The zero-order valence-corrected chi connectivity index (χ0v) is 9.53. The standard InChI is InChI=1S/C10H12F3N3O2/c1-2-6(3-10(11,12)13)16-8-5-14-7(4-15-8)9(17)18/h4-6H,2-3H2,1H3,(H,15,16)(H,17,18). The minimum atomic E-state index is -4.26. The summed E-state index contributed by atoms with van der Waals surface area (Å²) in [6.45, 7) is 1.61. The molecule has 1 atom stereocenters. The summed E-state index contributed by atoms with van der Waals surface area (Å²) in [5, 5.41) is 11.1. The van der Waals surface area contributed by atoms with Crippen LogP contribution in [0.2, 0.25) is 0 Å². The van der Waals surface area contributed by atoms with Crippen LogP contribution in [-0.2, 0) is 0 Å². The third kappa shape index (κ3) is 4.56. The van der Waals surface area contributed by atoms with Gasteiger partial charge in [0.2, 0.25) is 0 Å². The number of aromatic carboxylic acids is 1. The van der Waals surface area contributed by atoms with Crippen molar-refractivity contribution in [2.45, 2.75) is 32.0 Å². The summed E-state index contributed by atoms with van der Waals surface area (Å²) in [5.41, 5.74) is -0.260. The molecule has 0 amide bonds. The first-order valence-corrected chi connectivity index (χ1v) is 5.20. The lowest BCUT2D eigenvalue weighted by Gasteiger charge is -2.18. The molecule has 2 N–H and O–H groups in total. The van der Waals surface area contributed by atoms with Crippen molar-refractivity contribution in [2.75, 3.05) is 5.32 Å². The third-order valence-electron chi connectivity index (χ3n) is 2.19. The lowest BCUT2D eigenvalue weighted by atomic mass is 10.1. The molecule has 1 rings (SSSR count). The first-order valence-electron chi connectivity index (χ1n) is 5.20. The van der Waals surface area contributed by atoms with Crippen LogP contribution in [0.1, 0.15) is 30.3 Å². The maximum Gasteiger partial charge on any atom is 0.391 e. The number of anilines is 1. The minimum Gasteiger partial charge on any atom is -0.476 e. The number of aromatic nitrogens is 2. The van der Waals surface area contributed by atoms with Crippen LogP contribution in [0.15, 0.2) is 12.4 Å². The van der Waals surface area contributed by atoms with E-state index in [2.05, 4.69) is 15.3 Å². The Kier molecular flexibility index (Phi) is 4.46. The molecule has 0 saturated heterocycles. The number of carbonyl (C=O) groups is 1. The molecule has 0 fully saturated rings. The Morgan fingerprint density at radius 2 is 2.11 bits per heavy atom. The number of nitrogens with one attached hydrogen (secondary N) is 1. The van der Waals surface area contributed by atoms with Gasteiger partial charge in [-0.3, -0.25) is 0 Å². The highest BCUT2D eigenvalue weighted by Crippen LogP contribution is 2.24. The van der Waals surface area contributed by atoms with E-state index in [0.29, 0.717) is 0 Å². The Bertz CT molecular complexity index is 406. The Morgan fingerprint density at radius 3 is 2.50 bits per heavy atom. The van der Waals surface area contributed by atoms with Gasteiger partial charge in [0.25, 0.3) is 0 Å². The van der Waals surface area contributed by atoms with Gasteiger partial charge in [0, 0.05) is 6.04 Å². The molecule has 0 aliphatic heterocycles. The second-order valence-corrected chi connectivity index (χ2v) is 3.66. The lowest BCUT2D eigenvalue weighted by Crippen LogP contribution is -2.26. The molecule has 5 nitrogen and oxygen atoms in total. The molecule has 0 aromatic carbocycles. The number of hydrogen-bond donors (Lipinski definition) is 2.